The van der Waals surface area contributed by atoms with Crippen molar-refractivity contribution >= 4 is 5.57 Å². The Morgan fingerprint density at radius 2 is 2.25 bits per heavy atom. The van der Waals surface area contributed by atoms with Crippen LogP contribution >= 0.6 is 0 Å². The normalized spacial score (nSPS) is 15.0. The molecule has 0 N–H and O–H groups in total. The summed E-state index contributed by atoms with van der Waals surface area (Å²) in [6.07, 6.45) is 10.2. The molecule has 16 heavy (non-hydrogen) atoms. The lowest BCUT2D eigenvalue weighted by atomic mass is 10.0. The maximum atomic E-state index is 9.09. The lowest BCUT2D eigenvalue weighted by Gasteiger charge is -2.13. The van der Waals surface area contributed by atoms with Crippen molar-refractivity contribution < 1.29 is 0 Å². The van der Waals surface area contributed by atoms with Gasteiger partial charge in [0.15, 0.2) is 0 Å². The summed E-state index contributed by atoms with van der Waals surface area (Å²) in [7, 11) is 0. The van der Waals surface area contributed by atoms with E-state index >= 15 is 0 Å². The summed E-state index contributed by atoms with van der Waals surface area (Å²) in [6.45, 7) is 4.15. The van der Waals surface area contributed by atoms with Crippen molar-refractivity contribution in [3.05, 3.63) is 35.7 Å². The van der Waals surface area contributed by atoms with Gasteiger partial charge in [0.05, 0.1) is 17.5 Å². The van der Waals surface area contributed by atoms with E-state index in [2.05, 4.69) is 43.2 Å². The molecule has 82 valence electrons. The van der Waals surface area contributed by atoms with Crippen LogP contribution in [-0.4, -0.2) is 9.78 Å². The quantitative estimate of drug-likeness (QED) is 0.757. The van der Waals surface area contributed by atoms with E-state index < -0.39 is 0 Å². The molecule has 1 heterocycles. The Hall–Kier alpha value is -1.82. The van der Waals surface area contributed by atoms with Gasteiger partial charge in [0, 0.05) is 6.04 Å². The van der Waals surface area contributed by atoms with E-state index in [1.807, 2.05) is 4.68 Å². The zero-order chi connectivity index (χ0) is 11.5. The van der Waals surface area contributed by atoms with Gasteiger partial charge in [-0.05, 0) is 32.3 Å². The first-order valence-corrected chi connectivity index (χ1v) is 5.58. The smallest absolute Gasteiger partial charge is 0.103 e. The summed E-state index contributed by atoms with van der Waals surface area (Å²) >= 11 is 0. The van der Waals surface area contributed by atoms with Crippen LogP contribution < -0.4 is 0 Å². The second kappa shape index (κ2) is 4.36. The largest absolute Gasteiger partial charge is 0.261 e. The minimum absolute atomic E-state index is 0.272. The number of nitriles is 1. The molecule has 1 aromatic rings. The van der Waals surface area contributed by atoms with Crippen molar-refractivity contribution in [3.63, 3.8) is 0 Å². The molecule has 0 saturated heterocycles. The monoisotopic (exact) mass is 213 g/mol. The second-order valence-corrected chi connectivity index (χ2v) is 4.20. The summed E-state index contributed by atoms with van der Waals surface area (Å²) in [5.74, 6) is 0. The molecule has 1 aliphatic rings. The molecule has 0 radical (unpaired) electrons. The van der Waals surface area contributed by atoms with Gasteiger partial charge in [0.25, 0.3) is 0 Å². The van der Waals surface area contributed by atoms with Crippen LogP contribution in [0.1, 0.15) is 44.0 Å². The number of allylic oxidation sites excluding steroid dienone is 4. The van der Waals surface area contributed by atoms with Crippen LogP contribution in [0.4, 0.5) is 0 Å². The third kappa shape index (κ3) is 1.79. The third-order valence-corrected chi connectivity index (χ3v) is 2.67. The van der Waals surface area contributed by atoms with E-state index in [4.69, 9.17) is 5.26 Å². The summed E-state index contributed by atoms with van der Waals surface area (Å²) in [4.78, 5) is 0. The molecule has 0 amide bonds. The molecule has 0 spiro atoms. The second-order valence-electron chi connectivity index (χ2n) is 4.20. The van der Waals surface area contributed by atoms with E-state index in [0.717, 1.165) is 24.1 Å². The first-order valence-electron chi connectivity index (χ1n) is 5.58. The molecule has 0 fully saturated rings. The van der Waals surface area contributed by atoms with E-state index in [-0.39, 0.29) is 6.04 Å². The van der Waals surface area contributed by atoms with Crippen molar-refractivity contribution in [2.24, 2.45) is 0 Å². The molecule has 0 aromatic carbocycles. The summed E-state index contributed by atoms with van der Waals surface area (Å²) < 4.78 is 1.92. The van der Waals surface area contributed by atoms with Crippen LogP contribution in [0.5, 0.6) is 0 Å². The molecule has 0 atom stereocenters. The lowest BCUT2D eigenvalue weighted by molar-refractivity contribution is 0.527. The highest BCUT2D eigenvalue weighted by molar-refractivity contribution is 5.76. The molecule has 0 bridgehead atoms. The Kier molecular flexibility index (Phi) is 2.91. The Morgan fingerprint density at radius 3 is 2.81 bits per heavy atom. The number of rotatable bonds is 2. The first kappa shape index (κ1) is 10.7. The average molecular weight is 213 g/mol. The highest BCUT2D eigenvalue weighted by Crippen LogP contribution is 2.26. The SMILES string of the molecule is CC(C)n1ncc(C#N)c1C1=CCCC=C1. The van der Waals surface area contributed by atoms with Gasteiger partial charge in [0.1, 0.15) is 6.07 Å². The molecular formula is C13H15N3. The molecule has 3 nitrogen and oxygen atoms in total. The summed E-state index contributed by atoms with van der Waals surface area (Å²) in [6, 6.07) is 2.48. The maximum absolute atomic E-state index is 9.09. The van der Waals surface area contributed by atoms with Gasteiger partial charge in [-0.3, -0.25) is 4.68 Å². The highest BCUT2D eigenvalue weighted by Gasteiger charge is 2.16. The van der Waals surface area contributed by atoms with Crippen LogP contribution in [0.15, 0.2) is 24.4 Å². The van der Waals surface area contributed by atoms with Crippen molar-refractivity contribution in [1.82, 2.24) is 9.78 Å². The molecule has 2 rings (SSSR count). The Bertz CT molecular complexity index is 484. The minimum atomic E-state index is 0.272. The zero-order valence-corrected chi connectivity index (χ0v) is 9.64. The van der Waals surface area contributed by atoms with Gasteiger partial charge in [-0.25, -0.2) is 0 Å². The molecule has 1 aliphatic carbocycles. The fourth-order valence-electron chi connectivity index (χ4n) is 1.91. The van der Waals surface area contributed by atoms with Gasteiger partial charge < -0.3 is 0 Å². The average Bonchev–Trinajstić information content (AvgIpc) is 2.73. The summed E-state index contributed by atoms with van der Waals surface area (Å²) in [5, 5.41) is 13.4. The predicted octanol–water partition coefficient (Wildman–Crippen LogP) is 3.07. The van der Waals surface area contributed by atoms with E-state index in [0.29, 0.717) is 5.56 Å². The number of aromatic nitrogens is 2. The highest BCUT2D eigenvalue weighted by atomic mass is 15.3. The molecule has 0 saturated carbocycles. The van der Waals surface area contributed by atoms with Crippen LogP contribution in [0.25, 0.3) is 5.57 Å². The number of hydrogen-bond donors (Lipinski definition) is 0. The number of nitrogens with zero attached hydrogens (tertiary/aromatic N) is 3. The molecule has 1 aromatic heterocycles. The van der Waals surface area contributed by atoms with Crippen LogP contribution in [-0.2, 0) is 0 Å². The van der Waals surface area contributed by atoms with Crippen LogP contribution in [0, 0.1) is 11.3 Å². The zero-order valence-electron chi connectivity index (χ0n) is 9.64. The van der Waals surface area contributed by atoms with Gasteiger partial charge >= 0.3 is 0 Å². The molecule has 0 aliphatic heterocycles. The van der Waals surface area contributed by atoms with Gasteiger partial charge in [-0.2, -0.15) is 10.4 Å². The fraction of sp³-hybridized carbons (Fsp3) is 0.385. The predicted molar refractivity (Wildman–Crippen MR) is 63.7 cm³/mol. The van der Waals surface area contributed by atoms with Crippen LogP contribution in [0.3, 0.4) is 0 Å². The van der Waals surface area contributed by atoms with Gasteiger partial charge in [0.2, 0.25) is 0 Å². The van der Waals surface area contributed by atoms with E-state index in [1.165, 1.54) is 0 Å². The van der Waals surface area contributed by atoms with Crippen molar-refractivity contribution in [2.45, 2.75) is 32.7 Å². The molecular weight excluding hydrogens is 198 g/mol. The van der Waals surface area contributed by atoms with Crippen LogP contribution in [0.2, 0.25) is 0 Å². The third-order valence-electron chi connectivity index (χ3n) is 2.67. The van der Waals surface area contributed by atoms with Crippen molar-refractivity contribution in [1.29, 1.82) is 5.26 Å². The fourth-order valence-corrected chi connectivity index (χ4v) is 1.91. The first-order chi connectivity index (χ1) is 7.74. The topological polar surface area (TPSA) is 41.6 Å². The maximum Gasteiger partial charge on any atom is 0.103 e. The summed E-state index contributed by atoms with van der Waals surface area (Å²) in [5.41, 5.74) is 2.73. The van der Waals surface area contributed by atoms with Crippen molar-refractivity contribution in [2.75, 3.05) is 0 Å². The Balaban J connectivity index is 2.53. The lowest BCUT2D eigenvalue weighted by Crippen LogP contribution is -2.07. The number of hydrogen-bond acceptors (Lipinski definition) is 2. The Morgan fingerprint density at radius 1 is 1.44 bits per heavy atom. The minimum Gasteiger partial charge on any atom is -0.261 e. The van der Waals surface area contributed by atoms with E-state index in [1.54, 1.807) is 6.20 Å². The standard InChI is InChI=1S/C13H15N3/c1-10(2)16-13(12(8-14)9-15-16)11-6-4-3-5-7-11/h4,6-7,9-10H,3,5H2,1-2H3. The molecule has 0 unspecified atom stereocenters. The Labute approximate surface area is 95.7 Å². The van der Waals surface area contributed by atoms with Gasteiger partial charge in [-0.15, -0.1) is 0 Å². The molecule has 3 heteroatoms. The van der Waals surface area contributed by atoms with Crippen molar-refractivity contribution in [3.8, 4) is 6.07 Å². The van der Waals surface area contributed by atoms with Gasteiger partial charge in [-0.1, -0.05) is 18.2 Å². The van der Waals surface area contributed by atoms with E-state index in [9.17, 15) is 0 Å².